The fraction of sp³-hybridized carbons (Fsp3) is 0.714. The number of aromatic nitrogens is 2. The Bertz CT molecular complexity index is 335. The zero-order valence-corrected chi connectivity index (χ0v) is 11.9. The standard InChI is InChI=1S/C14H25N5/c1-2-5-15-6-4-9-18-10-12-19(13-11-18)14-16-7-3-8-17-14/h3,7-8,15H,2,4-6,9-13H2,1H3. The van der Waals surface area contributed by atoms with Crippen LogP contribution in [0.1, 0.15) is 19.8 Å². The first-order valence-electron chi connectivity index (χ1n) is 7.35. The average Bonchev–Trinajstić information content (AvgIpc) is 2.49. The summed E-state index contributed by atoms with van der Waals surface area (Å²) in [5.41, 5.74) is 0. The Balaban J connectivity index is 1.63. The first-order valence-corrected chi connectivity index (χ1v) is 7.35. The van der Waals surface area contributed by atoms with Crippen molar-refractivity contribution in [2.24, 2.45) is 0 Å². The third kappa shape index (κ3) is 4.76. The molecule has 1 saturated heterocycles. The number of piperazine rings is 1. The molecule has 1 aromatic heterocycles. The number of nitrogens with zero attached hydrogens (tertiary/aromatic N) is 4. The van der Waals surface area contributed by atoms with Crippen LogP contribution in [0.2, 0.25) is 0 Å². The van der Waals surface area contributed by atoms with Crippen molar-refractivity contribution in [2.45, 2.75) is 19.8 Å². The number of rotatable bonds is 7. The van der Waals surface area contributed by atoms with Gasteiger partial charge in [-0.2, -0.15) is 0 Å². The summed E-state index contributed by atoms with van der Waals surface area (Å²) in [6, 6.07) is 1.86. The molecular formula is C14H25N5. The monoisotopic (exact) mass is 263 g/mol. The van der Waals surface area contributed by atoms with E-state index in [4.69, 9.17) is 0 Å². The molecule has 5 heteroatoms. The van der Waals surface area contributed by atoms with Crippen molar-refractivity contribution in [3.63, 3.8) is 0 Å². The van der Waals surface area contributed by atoms with E-state index < -0.39 is 0 Å². The van der Waals surface area contributed by atoms with Gasteiger partial charge in [-0.3, -0.25) is 4.90 Å². The van der Waals surface area contributed by atoms with E-state index in [-0.39, 0.29) is 0 Å². The molecule has 1 N–H and O–H groups in total. The summed E-state index contributed by atoms with van der Waals surface area (Å²) in [5.74, 6) is 0.867. The second-order valence-corrected chi connectivity index (χ2v) is 4.98. The molecule has 0 unspecified atom stereocenters. The minimum atomic E-state index is 0.867. The van der Waals surface area contributed by atoms with E-state index in [0.717, 1.165) is 45.2 Å². The van der Waals surface area contributed by atoms with Crippen molar-refractivity contribution in [1.29, 1.82) is 0 Å². The van der Waals surface area contributed by atoms with E-state index in [9.17, 15) is 0 Å². The van der Waals surface area contributed by atoms with E-state index in [1.165, 1.54) is 19.4 Å². The predicted octanol–water partition coefficient (Wildman–Crippen LogP) is 0.988. The van der Waals surface area contributed by atoms with Crippen LogP contribution in [0, 0.1) is 0 Å². The van der Waals surface area contributed by atoms with Crippen LogP contribution < -0.4 is 10.2 Å². The van der Waals surface area contributed by atoms with Gasteiger partial charge in [0.1, 0.15) is 0 Å². The largest absolute Gasteiger partial charge is 0.338 e. The molecule has 0 radical (unpaired) electrons. The van der Waals surface area contributed by atoms with Crippen molar-refractivity contribution in [1.82, 2.24) is 20.2 Å². The van der Waals surface area contributed by atoms with Gasteiger partial charge in [0.25, 0.3) is 0 Å². The summed E-state index contributed by atoms with van der Waals surface area (Å²) in [6.07, 6.45) is 6.08. The maximum Gasteiger partial charge on any atom is 0.225 e. The quantitative estimate of drug-likeness (QED) is 0.743. The zero-order chi connectivity index (χ0) is 13.3. The van der Waals surface area contributed by atoms with E-state index >= 15 is 0 Å². The summed E-state index contributed by atoms with van der Waals surface area (Å²) in [6.45, 7) is 9.98. The SMILES string of the molecule is CCCNCCCN1CCN(c2ncccn2)CC1. The van der Waals surface area contributed by atoms with Crippen molar-refractivity contribution in [2.75, 3.05) is 50.7 Å². The van der Waals surface area contributed by atoms with Crippen molar-refractivity contribution in [3.05, 3.63) is 18.5 Å². The van der Waals surface area contributed by atoms with E-state index in [1.807, 2.05) is 18.5 Å². The molecule has 1 aliphatic heterocycles. The molecular weight excluding hydrogens is 238 g/mol. The summed E-state index contributed by atoms with van der Waals surface area (Å²) < 4.78 is 0. The van der Waals surface area contributed by atoms with Gasteiger partial charge in [0.15, 0.2) is 0 Å². The molecule has 0 saturated carbocycles. The van der Waals surface area contributed by atoms with Gasteiger partial charge in [-0.15, -0.1) is 0 Å². The van der Waals surface area contributed by atoms with Crippen molar-refractivity contribution < 1.29 is 0 Å². The van der Waals surface area contributed by atoms with Crippen molar-refractivity contribution in [3.8, 4) is 0 Å². The lowest BCUT2D eigenvalue weighted by Gasteiger charge is -2.34. The first-order chi connectivity index (χ1) is 9.40. The summed E-state index contributed by atoms with van der Waals surface area (Å²) in [7, 11) is 0. The summed E-state index contributed by atoms with van der Waals surface area (Å²) >= 11 is 0. The summed E-state index contributed by atoms with van der Waals surface area (Å²) in [4.78, 5) is 13.4. The Morgan fingerprint density at radius 3 is 2.53 bits per heavy atom. The van der Waals surface area contributed by atoms with Crippen LogP contribution in [-0.4, -0.2) is 60.7 Å². The van der Waals surface area contributed by atoms with Gasteiger partial charge >= 0.3 is 0 Å². The van der Waals surface area contributed by atoms with Crippen LogP contribution in [0.5, 0.6) is 0 Å². The normalized spacial score (nSPS) is 16.8. The molecule has 0 bridgehead atoms. The van der Waals surface area contributed by atoms with E-state index in [0.29, 0.717) is 0 Å². The first kappa shape index (κ1) is 14.2. The van der Waals surface area contributed by atoms with Crippen LogP contribution in [0.25, 0.3) is 0 Å². The molecule has 1 fully saturated rings. The van der Waals surface area contributed by atoms with Gasteiger partial charge in [0.05, 0.1) is 0 Å². The molecule has 1 aromatic rings. The average molecular weight is 263 g/mol. The smallest absolute Gasteiger partial charge is 0.225 e. The van der Waals surface area contributed by atoms with Gasteiger partial charge in [-0.1, -0.05) is 6.92 Å². The van der Waals surface area contributed by atoms with Gasteiger partial charge in [0, 0.05) is 38.6 Å². The Labute approximate surface area is 116 Å². The van der Waals surface area contributed by atoms with Crippen LogP contribution in [0.15, 0.2) is 18.5 Å². The zero-order valence-electron chi connectivity index (χ0n) is 11.9. The highest BCUT2D eigenvalue weighted by molar-refractivity contribution is 5.29. The lowest BCUT2D eigenvalue weighted by atomic mass is 10.3. The molecule has 0 atom stereocenters. The number of anilines is 1. The Kier molecular flexibility index (Phi) is 6.04. The molecule has 19 heavy (non-hydrogen) atoms. The van der Waals surface area contributed by atoms with Crippen molar-refractivity contribution >= 4 is 5.95 Å². The predicted molar refractivity (Wildman–Crippen MR) is 78.5 cm³/mol. The maximum absolute atomic E-state index is 4.31. The molecule has 2 heterocycles. The Hall–Kier alpha value is -1.20. The molecule has 0 amide bonds. The fourth-order valence-corrected chi connectivity index (χ4v) is 2.36. The number of nitrogens with one attached hydrogen (secondary N) is 1. The second kappa shape index (κ2) is 8.07. The maximum atomic E-state index is 4.31. The molecule has 106 valence electrons. The third-order valence-electron chi connectivity index (χ3n) is 3.46. The van der Waals surface area contributed by atoms with Crippen LogP contribution in [0.3, 0.4) is 0 Å². The highest BCUT2D eigenvalue weighted by Gasteiger charge is 2.17. The van der Waals surface area contributed by atoms with Gasteiger partial charge in [0.2, 0.25) is 5.95 Å². The van der Waals surface area contributed by atoms with Gasteiger partial charge < -0.3 is 10.2 Å². The highest BCUT2D eigenvalue weighted by Crippen LogP contribution is 2.09. The Morgan fingerprint density at radius 1 is 1.11 bits per heavy atom. The minimum absolute atomic E-state index is 0.867. The molecule has 2 rings (SSSR count). The highest BCUT2D eigenvalue weighted by atomic mass is 15.3. The topological polar surface area (TPSA) is 44.3 Å². The Morgan fingerprint density at radius 2 is 1.84 bits per heavy atom. The van der Waals surface area contributed by atoms with Gasteiger partial charge in [-0.05, 0) is 38.5 Å². The lowest BCUT2D eigenvalue weighted by molar-refractivity contribution is 0.253. The van der Waals surface area contributed by atoms with E-state index in [1.54, 1.807) is 0 Å². The van der Waals surface area contributed by atoms with E-state index in [2.05, 4.69) is 32.0 Å². The minimum Gasteiger partial charge on any atom is -0.338 e. The fourth-order valence-electron chi connectivity index (χ4n) is 2.36. The van der Waals surface area contributed by atoms with Gasteiger partial charge in [-0.25, -0.2) is 9.97 Å². The van der Waals surface area contributed by atoms with Crippen LogP contribution in [0.4, 0.5) is 5.95 Å². The van der Waals surface area contributed by atoms with Crippen LogP contribution >= 0.6 is 0 Å². The number of hydrogen-bond acceptors (Lipinski definition) is 5. The molecule has 0 spiro atoms. The summed E-state index contributed by atoms with van der Waals surface area (Å²) in [5, 5.41) is 3.45. The van der Waals surface area contributed by atoms with Crippen LogP contribution in [-0.2, 0) is 0 Å². The molecule has 5 nitrogen and oxygen atoms in total. The molecule has 0 aromatic carbocycles. The molecule has 1 aliphatic rings. The second-order valence-electron chi connectivity index (χ2n) is 4.98. The molecule has 0 aliphatic carbocycles. The third-order valence-corrected chi connectivity index (χ3v) is 3.46. The lowest BCUT2D eigenvalue weighted by Crippen LogP contribution is -2.47. The number of hydrogen-bond donors (Lipinski definition) is 1.